The maximum absolute atomic E-state index is 9.68. The van der Waals surface area contributed by atoms with E-state index in [1.54, 1.807) is 0 Å². The summed E-state index contributed by atoms with van der Waals surface area (Å²) in [6, 6.07) is 8.35. The molecule has 0 saturated heterocycles. The van der Waals surface area contributed by atoms with Gasteiger partial charge in [0.2, 0.25) is 0 Å². The van der Waals surface area contributed by atoms with E-state index in [1.165, 1.54) is 5.56 Å². The maximum atomic E-state index is 9.68. The minimum Gasteiger partial charge on any atom is -0.493 e. The van der Waals surface area contributed by atoms with Gasteiger partial charge in [-0.25, -0.2) is 0 Å². The summed E-state index contributed by atoms with van der Waals surface area (Å²) < 4.78 is 5.55. The number of benzene rings is 1. The third-order valence-electron chi connectivity index (χ3n) is 2.50. The lowest BCUT2D eigenvalue weighted by Crippen LogP contribution is -2.32. The zero-order chi connectivity index (χ0) is 12.7. The van der Waals surface area contributed by atoms with E-state index in [0.29, 0.717) is 25.6 Å². The first-order valence-electron chi connectivity index (χ1n) is 6.19. The van der Waals surface area contributed by atoms with E-state index in [1.807, 2.05) is 31.2 Å². The van der Waals surface area contributed by atoms with Crippen molar-refractivity contribution in [2.75, 3.05) is 13.2 Å². The zero-order valence-electron chi connectivity index (χ0n) is 11.3. The van der Waals surface area contributed by atoms with Crippen molar-refractivity contribution in [2.24, 2.45) is 0 Å². The molecule has 104 valence electrons. The number of nitrogens with one attached hydrogen (secondary N) is 1. The molecule has 0 radical (unpaired) electrons. The molecule has 0 heterocycles. The van der Waals surface area contributed by atoms with Crippen LogP contribution in [0.5, 0.6) is 5.75 Å². The fourth-order valence-corrected chi connectivity index (χ4v) is 1.42. The molecule has 1 rings (SSSR count). The van der Waals surface area contributed by atoms with Gasteiger partial charge < -0.3 is 15.2 Å². The smallest absolute Gasteiger partial charge is 0.119 e. The van der Waals surface area contributed by atoms with Gasteiger partial charge in [0.25, 0.3) is 0 Å². The monoisotopic (exact) mass is 273 g/mol. The van der Waals surface area contributed by atoms with Crippen LogP contribution in [0.15, 0.2) is 24.3 Å². The standard InChI is InChI=1S/C14H23NO2.ClH/c1-11(2)15-10-13(16)8-9-17-14-6-4-12(3)5-7-14;/h4-7,11,13,15-16H,8-10H2,1-3H3;1H. The number of hydrogen-bond acceptors (Lipinski definition) is 3. The number of halogens is 1. The van der Waals surface area contributed by atoms with Gasteiger partial charge in [-0.2, -0.15) is 0 Å². The first-order chi connectivity index (χ1) is 8.08. The third-order valence-corrected chi connectivity index (χ3v) is 2.50. The number of aryl methyl sites for hydroxylation is 1. The topological polar surface area (TPSA) is 41.5 Å². The van der Waals surface area contributed by atoms with E-state index >= 15 is 0 Å². The van der Waals surface area contributed by atoms with Crippen LogP contribution in [0.2, 0.25) is 0 Å². The second-order valence-electron chi connectivity index (χ2n) is 4.67. The van der Waals surface area contributed by atoms with Gasteiger partial charge in [-0.1, -0.05) is 31.5 Å². The molecule has 1 unspecified atom stereocenters. The molecule has 0 saturated carbocycles. The molecule has 0 aliphatic rings. The maximum Gasteiger partial charge on any atom is 0.119 e. The molecule has 1 aromatic carbocycles. The third kappa shape index (κ3) is 7.54. The number of aliphatic hydroxyl groups is 1. The minimum absolute atomic E-state index is 0. The largest absolute Gasteiger partial charge is 0.493 e. The van der Waals surface area contributed by atoms with Crippen molar-refractivity contribution in [2.45, 2.75) is 39.3 Å². The number of rotatable bonds is 7. The average molecular weight is 274 g/mol. The van der Waals surface area contributed by atoms with Crippen LogP contribution in [-0.4, -0.2) is 30.4 Å². The Labute approximate surface area is 116 Å². The molecule has 0 bridgehead atoms. The van der Waals surface area contributed by atoms with Crippen LogP contribution in [0.4, 0.5) is 0 Å². The first kappa shape index (κ1) is 17.2. The molecule has 18 heavy (non-hydrogen) atoms. The molecular formula is C14H24ClNO2. The average Bonchev–Trinajstić information content (AvgIpc) is 2.29. The van der Waals surface area contributed by atoms with Crippen LogP contribution in [0.1, 0.15) is 25.8 Å². The van der Waals surface area contributed by atoms with Crippen LogP contribution >= 0.6 is 12.4 Å². The van der Waals surface area contributed by atoms with Gasteiger partial charge in [0.05, 0.1) is 12.7 Å². The van der Waals surface area contributed by atoms with E-state index in [2.05, 4.69) is 19.2 Å². The Hall–Kier alpha value is -0.770. The van der Waals surface area contributed by atoms with Gasteiger partial charge in [0.15, 0.2) is 0 Å². The summed E-state index contributed by atoms with van der Waals surface area (Å²) in [5, 5.41) is 12.9. The predicted octanol–water partition coefficient (Wildman–Crippen LogP) is 2.54. The molecule has 4 heteroatoms. The van der Waals surface area contributed by atoms with Crippen LogP contribution in [0.3, 0.4) is 0 Å². The van der Waals surface area contributed by atoms with E-state index in [4.69, 9.17) is 4.74 Å². The molecule has 0 aliphatic heterocycles. The number of ether oxygens (including phenoxy) is 1. The molecule has 0 aromatic heterocycles. The quantitative estimate of drug-likeness (QED) is 0.802. The zero-order valence-corrected chi connectivity index (χ0v) is 12.2. The Balaban J connectivity index is 0.00000289. The predicted molar refractivity (Wildman–Crippen MR) is 77.7 cm³/mol. The summed E-state index contributed by atoms with van der Waals surface area (Å²) in [4.78, 5) is 0. The summed E-state index contributed by atoms with van der Waals surface area (Å²) in [6.45, 7) is 7.34. The summed E-state index contributed by atoms with van der Waals surface area (Å²) in [5.74, 6) is 0.861. The number of aliphatic hydroxyl groups excluding tert-OH is 1. The van der Waals surface area contributed by atoms with Crippen LogP contribution in [0, 0.1) is 6.92 Å². The lowest BCUT2D eigenvalue weighted by Gasteiger charge is -2.14. The van der Waals surface area contributed by atoms with E-state index in [0.717, 1.165) is 5.75 Å². The van der Waals surface area contributed by atoms with Crippen LogP contribution < -0.4 is 10.1 Å². The minimum atomic E-state index is -0.345. The van der Waals surface area contributed by atoms with Crippen molar-refractivity contribution in [1.82, 2.24) is 5.32 Å². The fourth-order valence-electron chi connectivity index (χ4n) is 1.42. The van der Waals surface area contributed by atoms with Crippen molar-refractivity contribution in [3.05, 3.63) is 29.8 Å². The van der Waals surface area contributed by atoms with Gasteiger partial charge in [-0.05, 0) is 19.1 Å². The lowest BCUT2D eigenvalue weighted by molar-refractivity contribution is 0.135. The van der Waals surface area contributed by atoms with Crippen LogP contribution in [0.25, 0.3) is 0 Å². The highest BCUT2D eigenvalue weighted by molar-refractivity contribution is 5.85. The van der Waals surface area contributed by atoms with E-state index in [9.17, 15) is 5.11 Å². The van der Waals surface area contributed by atoms with Crippen molar-refractivity contribution in [1.29, 1.82) is 0 Å². The Bertz CT molecular complexity index is 314. The Morgan fingerprint density at radius 2 is 1.83 bits per heavy atom. The molecule has 3 nitrogen and oxygen atoms in total. The molecular weight excluding hydrogens is 250 g/mol. The molecule has 2 N–H and O–H groups in total. The molecule has 0 amide bonds. The highest BCUT2D eigenvalue weighted by Gasteiger charge is 2.05. The van der Waals surface area contributed by atoms with E-state index in [-0.39, 0.29) is 18.5 Å². The SMILES string of the molecule is Cc1ccc(OCCC(O)CNC(C)C)cc1.Cl. The first-order valence-corrected chi connectivity index (χ1v) is 6.19. The van der Waals surface area contributed by atoms with Crippen molar-refractivity contribution in [3.63, 3.8) is 0 Å². The van der Waals surface area contributed by atoms with Gasteiger partial charge in [-0.3, -0.25) is 0 Å². The van der Waals surface area contributed by atoms with Gasteiger partial charge >= 0.3 is 0 Å². The van der Waals surface area contributed by atoms with E-state index < -0.39 is 0 Å². The summed E-state index contributed by atoms with van der Waals surface area (Å²) in [5.41, 5.74) is 1.22. The fraction of sp³-hybridized carbons (Fsp3) is 0.571. The Kier molecular flexibility index (Phi) is 8.81. The highest BCUT2D eigenvalue weighted by atomic mass is 35.5. The van der Waals surface area contributed by atoms with Crippen molar-refractivity contribution < 1.29 is 9.84 Å². The Morgan fingerprint density at radius 3 is 2.39 bits per heavy atom. The second-order valence-corrected chi connectivity index (χ2v) is 4.67. The summed E-state index contributed by atoms with van der Waals surface area (Å²) in [7, 11) is 0. The number of hydrogen-bond donors (Lipinski definition) is 2. The Morgan fingerprint density at radius 1 is 1.22 bits per heavy atom. The molecule has 1 atom stereocenters. The van der Waals surface area contributed by atoms with Crippen molar-refractivity contribution in [3.8, 4) is 5.75 Å². The van der Waals surface area contributed by atoms with Crippen LogP contribution in [-0.2, 0) is 0 Å². The second kappa shape index (κ2) is 9.20. The molecule has 0 fully saturated rings. The van der Waals surface area contributed by atoms with Gasteiger partial charge in [0.1, 0.15) is 5.75 Å². The normalized spacial score (nSPS) is 12.1. The summed E-state index contributed by atoms with van der Waals surface area (Å²) >= 11 is 0. The lowest BCUT2D eigenvalue weighted by atomic mass is 10.2. The molecule has 0 aliphatic carbocycles. The highest BCUT2D eigenvalue weighted by Crippen LogP contribution is 2.11. The van der Waals surface area contributed by atoms with Gasteiger partial charge in [0, 0.05) is 19.0 Å². The van der Waals surface area contributed by atoms with Gasteiger partial charge in [-0.15, -0.1) is 12.4 Å². The molecule has 1 aromatic rings. The molecule has 0 spiro atoms. The van der Waals surface area contributed by atoms with Crippen molar-refractivity contribution >= 4 is 12.4 Å². The summed E-state index contributed by atoms with van der Waals surface area (Å²) in [6.07, 6.45) is 0.302.